The molecule has 0 radical (unpaired) electrons. The highest BCUT2D eigenvalue weighted by atomic mass is 79.9. The molecule has 1 N–H and O–H groups in total. The van der Waals surface area contributed by atoms with Gasteiger partial charge in [0.25, 0.3) is 10.0 Å². The van der Waals surface area contributed by atoms with Crippen LogP contribution in [0.2, 0.25) is 0 Å². The van der Waals surface area contributed by atoms with Crippen LogP contribution in [0.1, 0.15) is 35.7 Å². The van der Waals surface area contributed by atoms with Crippen molar-refractivity contribution in [3.8, 4) is 0 Å². The highest BCUT2D eigenvalue weighted by Gasteiger charge is 2.25. The molecule has 1 aromatic heterocycles. The minimum atomic E-state index is -3.92. The lowest BCUT2D eigenvalue weighted by Crippen LogP contribution is -2.13. The summed E-state index contributed by atoms with van der Waals surface area (Å²) in [6, 6.07) is 11.5. The SMILES string of the molecule is CC(C)c1cccc2c(C(=O)O)cn(S(=O)(=O)c3ccc(Br)cc3)c12. The van der Waals surface area contributed by atoms with Crippen LogP contribution in [0.4, 0.5) is 0 Å². The fraction of sp³-hybridized carbons (Fsp3) is 0.167. The number of halogens is 1. The summed E-state index contributed by atoms with van der Waals surface area (Å²) in [6.07, 6.45) is 1.19. The summed E-state index contributed by atoms with van der Waals surface area (Å²) in [7, 11) is -3.92. The molecule has 0 bridgehead atoms. The number of hydrogen-bond acceptors (Lipinski definition) is 3. The number of carboxylic acids is 1. The van der Waals surface area contributed by atoms with E-state index in [9.17, 15) is 18.3 Å². The number of nitrogens with zero attached hydrogens (tertiary/aromatic N) is 1. The summed E-state index contributed by atoms with van der Waals surface area (Å²) in [5.41, 5.74) is 1.17. The summed E-state index contributed by atoms with van der Waals surface area (Å²) in [4.78, 5) is 11.7. The molecule has 0 atom stereocenters. The molecule has 130 valence electrons. The molecule has 0 spiro atoms. The zero-order valence-corrected chi connectivity index (χ0v) is 16.0. The molecule has 0 aliphatic rings. The first kappa shape index (κ1) is 17.7. The molecule has 3 aromatic rings. The highest BCUT2D eigenvalue weighted by molar-refractivity contribution is 9.10. The van der Waals surface area contributed by atoms with Crippen LogP contribution in [-0.4, -0.2) is 23.5 Å². The molecule has 3 rings (SSSR count). The highest BCUT2D eigenvalue weighted by Crippen LogP contribution is 2.32. The Hall–Kier alpha value is -2.12. The summed E-state index contributed by atoms with van der Waals surface area (Å²) in [6.45, 7) is 3.89. The van der Waals surface area contributed by atoms with Crippen LogP contribution < -0.4 is 0 Å². The Balaban J connectivity index is 2.39. The molecule has 0 saturated carbocycles. The fourth-order valence-corrected chi connectivity index (χ4v) is 4.48. The molecular weight excluding hydrogens is 406 g/mol. The Labute approximate surface area is 154 Å². The zero-order valence-electron chi connectivity index (χ0n) is 13.6. The van der Waals surface area contributed by atoms with E-state index in [2.05, 4.69) is 15.9 Å². The van der Waals surface area contributed by atoms with Gasteiger partial charge in [-0.25, -0.2) is 17.2 Å². The Morgan fingerprint density at radius 3 is 2.32 bits per heavy atom. The van der Waals surface area contributed by atoms with Gasteiger partial charge in [0.05, 0.1) is 16.0 Å². The molecular formula is C18H16BrNO4S. The van der Waals surface area contributed by atoms with E-state index in [1.807, 2.05) is 19.9 Å². The second-order valence-electron chi connectivity index (χ2n) is 6.00. The van der Waals surface area contributed by atoms with E-state index in [1.165, 1.54) is 18.3 Å². The molecule has 1 heterocycles. The molecule has 7 heteroatoms. The first-order valence-corrected chi connectivity index (χ1v) is 9.85. The van der Waals surface area contributed by atoms with E-state index in [0.29, 0.717) is 10.9 Å². The standard InChI is InChI=1S/C18H16BrNO4S/c1-11(2)14-4-3-5-15-16(18(21)22)10-20(17(14)15)25(23,24)13-8-6-12(19)7-9-13/h3-11H,1-2H3,(H,21,22). The molecule has 0 fully saturated rings. The van der Waals surface area contributed by atoms with Gasteiger partial charge in [0, 0.05) is 16.1 Å². The Morgan fingerprint density at radius 1 is 1.12 bits per heavy atom. The summed E-state index contributed by atoms with van der Waals surface area (Å²) in [5, 5.41) is 9.90. The third-order valence-corrected chi connectivity index (χ3v) is 6.25. The van der Waals surface area contributed by atoms with Crippen molar-refractivity contribution < 1.29 is 18.3 Å². The van der Waals surface area contributed by atoms with E-state index in [1.54, 1.807) is 24.3 Å². The largest absolute Gasteiger partial charge is 0.478 e. The predicted octanol–water partition coefficient (Wildman–Crippen LogP) is 4.46. The van der Waals surface area contributed by atoms with E-state index < -0.39 is 16.0 Å². The first-order valence-electron chi connectivity index (χ1n) is 7.62. The van der Waals surface area contributed by atoms with Crippen molar-refractivity contribution in [1.82, 2.24) is 3.97 Å². The van der Waals surface area contributed by atoms with Crippen LogP contribution in [0.5, 0.6) is 0 Å². The maximum atomic E-state index is 13.1. The van der Waals surface area contributed by atoms with Crippen molar-refractivity contribution >= 4 is 42.8 Å². The van der Waals surface area contributed by atoms with E-state index in [-0.39, 0.29) is 16.4 Å². The van der Waals surface area contributed by atoms with Crippen LogP contribution in [-0.2, 0) is 10.0 Å². The first-order chi connectivity index (χ1) is 11.7. The number of carbonyl (C=O) groups is 1. The second-order valence-corrected chi connectivity index (χ2v) is 8.73. The van der Waals surface area contributed by atoms with Gasteiger partial charge in [0.1, 0.15) is 0 Å². The molecule has 0 aliphatic heterocycles. The normalized spacial score (nSPS) is 12.0. The van der Waals surface area contributed by atoms with E-state index >= 15 is 0 Å². The van der Waals surface area contributed by atoms with E-state index in [0.717, 1.165) is 14.0 Å². The minimum Gasteiger partial charge on any atom is -0.478 e. The van der Waals surface area contributed by atoms with Crippen LogP contribution in [0.15, 0.2) is 58.0 Å². The molecule has 0 amide bonds. The maximum Gasteiger partial charge on any atom is 0.337 e. The molecule has 0 saturated heterocycles. The van der Waals surface area contributed by atoms with Gasteiger partial charge in [0.2, 0.25) is 0 Å². The van der Waals surface area contributed by atoms with Crippen molar-refractivity contribution in [3.63, 3.8) is 0 Å². The lowest BCUT2D eigenvalue weighted by molar-refractivity contribution is 0.0699. The maximum absolute atomic E-state index is 13.1. The summed E-state index contributed by atoms with van der Waals surface area (Å²) >= 11 is 3.28. The summed E-state index contributed by atoms with van der Waals surface area (Å²) < 4.78 is 28.1. The van der Waals surface area contributed by atoms with Gasteiger partial charge < -0.3 is 5.11 Å². The molecule has 25 heavy (non-hydrogen) atoms. The average Bonchev–Trinajstić information content (AvgIpc) is 2.95. The topological polar surface area (TPSA) is 76.4 Å². The lowest BCUT2D eigenvalue weighted by Gasteiger charge is -2.13. The number of benzene rings is 2. The van der Waals surface area contributed by atoms with Gasteiger partial charge >= 0.3 is 5.97 Å². The monoisotopic (exact) mass is 421 g/mol. The van der Waals surface area contributed by atoms with Gasteiger partial charge in [0.15, 0.2) is 0 Å². The average molecular weight is 422 g/mol. The Bertz CT molecular complexity index is 1070. The third kappa shape index (κ3) is 2.98. The van der Waals surface area contributed by atoms with Crippen LogP contribution in [0.25, 0.3) is 10.9 Å². The van der Waals surface area contributed by atoms with Gasteiger partial charge in [-0.2, -0.15) is 0 Å². The fourth-order valence-electron chi connectivity index (χ4n) is 2.82. The Kier molecular flexibility index (Phi) is 4.47. The molecule has 0 aliphatic carbocycles. The van der Waals surface area contributed by atoms with Crippen molar-refractivity contribution in [2.24, 2.45) is 0 Å². The third-order valence-electron chi connectivity index (χ3n) is 4.05. The number of fused-ring (bicyclic) bond motifs is 1. The second kappa shape index (κ2) is 6.31. The van der Waals surface area contributed by atoms with Crippen LogP contribution in [0.3, 0.4) is 0 Å². The van der Waals surface area contributed by atoms with Gasteiger partial charge in [-0.1, -0.05) is 48.0 Å². The molecule has 2 aromatic carbocycles. The van der Waals surface area contributed by atoms with Crippen molar-refractivity contribution in [1.29, 1.82) is 0 Å². The van der Waals surface area contributed by atoms with Crippen molar-refractivity contribution in [2.45, 2.75) is 24.7 Å². The number of rotatable bonds is 4. The van der Waals surface area contributed by atoms with Gasteiger partial charge in [-0.3, -0.25) is 0 Å². The number of hydrogen-bond donors (Lipinski definition) is 1. The van der Waals surface area contributed by atoms with Gasteiger partial charge in [-0.15, -0.1) is 0 Å². The predicted molar refractivity (Wildman–Crippen MR) is 99.7 cm³/mol. The lowest BCUT2D eigenvalue weighted by atomic mass is 10.00. The number of aromatic carboxylic acids is 1. The van der Waals surface area contributed by atoms with Crippen LogP contribution in [0, 0.1) is 0 Å². The number of carboxylic acid groups (broad SMARTS) is 1. The summed E-state index contributed by atoms with van der Waals surface area (Å²) in [5.74, 6) is -1.12. The van der Waals surface area contributed by atoms with Crippen LogP contribution >= 0.6 is 15.9 Å². The smallest absolute Gasteiger partial charge is 0.337 e. The Morgan fingerprint density at radius 2 is 1.76 bits per heavy atom. The number of para-hydroxylation sites is 1. The van der Waals surface area contributed by atoms with Crippen molar-refractivity contribution in [3.05, 3.63) is 64.3 Å². The zero-order chi connectivity index (χ0) is 18.4. The molecule has 5 nitrogen and oxygen atoms in total. The quantitative estimate of drug-likeness (QED) is 0.674. The van der Waals surface area contributed by atoms with Gasteiger partial charge in [-0.05, 0) is 35.7 Å². The van der Waals surface area contributed by atoms with Crippen molar-refractivity contribution in [2.75, 3.05) is 0 Å². The molecule has 0 unspecified atom stereocenters. The minimum absolute atomic E-state index is 0.0295. The number of aromatic nitrogens is 1. The van der Waals surface area contributed by atoms with E-state index in [4.69, 9.17) is 0 Å².